The Bertz CT molecular complexity index is 569. The maximum atomic E-state index is 12.0. The number of carbonyl (C=O) groups is 2. The second-order valence-corrected chi connectivity index (χ2v) is 4.52. The number of benzene rings is 1. The van der Waals surface area contributed by atoms with Crippen LogP contribution in [0.25, 0.3) is 10.9 Å². The summed E-state index contributed by atoms with van der Waals surface area (Å²) in [4.78, 5) is 25.6. The number of fused-ring (bicyclic) bond motifs is 1. The third kappa shape index (κ3) is 2.67. The number of ketones is 1. The lowest BCUT2D eigenvalue weighted by atomic mass is 10.0. The molecule has 94 valence electrons. The summed E-state index contributed by atoms with van der Waals surface area (Å²) in [5.41, 5.74) is 2.11. The van der Waals surface area contributed by atoms with E-state index in [4.69, 9.17) is 0 Å². The first kappa shape index (κ1) is 12.6. The Morgan fingerprint density at radius 3 is 2.83 bits per heavy atom. The summed E-state index contributed by atoms with van der Waals surface area (Å²) in [6, 6.07) is 7.33. The van der Waals surface area contributed by atoms with Crippen molar-refractivity contribution < 1.29 is 9.59 Å². The minimum Gasteiger partial charge on any atom is -0.352 e. The second kappa shape index (κ2) is 5.63. The number of aromatic amines is 1. The Morgan fingerprint density at radius 1 is 1.28 bits per heavy atom. The van der Waals surface area contributed by atoms with Crippen molar-refractivity contribution in [1.82, 2.24) is 4.98 Å². The van der Waals surface area contributed by atoms with Crippen LogP contribution in [0.3, 0.4) is 0 Å². The summed E-state index contributed by atoms with van der Waals surface area (Å²) < 4.78 is 0. The summed E-state index contributed by atoms with van der Waals surface area (Å²) in [6.07, 6.45) is 4.53. The average molecular weight is 243 g/mol. The zero-order valence-corrected chi connectivity index (χ0v) is 10.5. The lowest BCUT2D eigenvalue weighted by Crippen LogP contribution is -1.98. The smallest absolute Gasteiger partial charge is 0.166 e. The van der Waals surface area contributed by atoms with Crippen molar-refractivity contribution in [2.75, 3.05) is 0 Å². The molecule has 0 aliphatic carbocycles. The number of Topliss-reactive ketones (excluding diaryl/α,β-unsaturated/α-hetero) is 1. The zero-order chi connectivity index (χ0) is 13.0. The molecule has 0 bridgehead atoms. The normalized spacial score (nSPS) is 10.7. The molecule has 18 heavy (non-hydrogen) atoms. The first-order chi connectivity index (χ1) is 8.74. The first-order valence-electron chi connectivity index (χ1n) is 6.35. The molecule has 1 aromatic carbocycles. The Hall–Kier alpha value is -1.90. The number of aldehydes is 1. The number of aromatic nitrogens is 1. The molecule has 0 aliphatic rings. The van der Waals surface area contributed by atoms with Gasteiger partial charge in [0.15, 0.2) is 12.1 Å². The van der Waals surface area contributed by atoms with Crippen LogP contribution in [0.5, 0.6) is 0 Å². The van der Waals surface area contributed by atoms with Gasteiger partial charge in [-0.3, -0.25) is 9.59 Å². The van der Waals surface area contributed by atoms with Gasteiger partial charge in [-0.1, -0.05) is 31.9 Å². The number of unbranched alkanes of at least 4 members (excludes halogenated alkanes) is 2. The molecular weight excluding hydrogens is 226 g/mol. The maximum Gasteiger partial charge on any atom is 0.166 e. The van der Waals surface area contributed by atoms with E-state index < -0.39 is 0 Å². The molecule has 3 nitrogen and oxygen atoms in total. The topological polar surface area (TPSA) is 49.9 Å². The van der Waals surface area contributed by atoms with Crippen LogP contribution in [0.4, 0.5) is 0 Å². The third-order valence-corrected chi connectivity index (χ3v) is 3.10. The summed E-state index contributed by atoms with van der Waals surface area (Å²) in [6.45, 7) is 2.12. The molecule has 0 unspecified atom stereocenters. The van der Waals surface area contributed by atoms with Crippen LogP contribution >= 0.6 is 0 Å². The molecule has 0 spiro atoms. The highest BCUT2D eigenvalue weighted by molar-refractivity contribution is 6.00. The fourth-order valence-electron chi connectivity index (χ4n) is 2.07. The molecule has 0 saturated carbocycles. The molecule has 1 N–H and O–H groups in total. The molecule has 0 fully saturated rings. The number of rotatable bonds is 6. The summed E-state index contributed by atoms with van der Waals surface area (Å²) >= 11 is 0. The van der Waals surface area contributed by atoms with Crippen molar-refractivity contribution in [2.24, 2.45) is 0 Å². The molecule has 2 aromatic rings. The van der Waals surface area contributed by atoms with Crippen molar-refractivity contribution in [2.45, 2.75) is 32.6 Å². The van der Waals surface area contributed by atoms with E-state index in [1.54, 1.807) is 6.07 Å². The lowest BCUT2D eigenvalue weighted by molar-refractivity contribution is 0.0979. The van der Waals surface area contributed by atoms with Gasteiger partial charge in [-0.15, -0.1) is 0 Å². The molecule has 1 heterocycles. The van der Waals surface area contributed by atoms with Gasteiger partial charge < -0.3 is 4.98 Å². The van der Waals surface area contributed by atoms with E-state index in [9.17, 15) is 9.59 Å². The molecule has 1 aromatic heterocycles. The van der Waals surface area contributed by atoms with Crippen molar-refractivity contribution in [3.05, 3.63) is 35.5 Å². The monoisotopic (exact) mass is 243 g/mol. The van der Waals surface area contributed by atoms with Crippen molar-refractivity contribution >= 4 is 23.0 Å². The standard InChI is InChI=1S/C15H17NO2/c1-2-3-4-5-15(18)12-7-6-11-8-13(10-17)16-14(11)9-12/h6-10,16H,2-5H2,1H3. The number of hydrogen-bond donors (Lipinski definition) is 1. The summed E-state index contributed by atoms with van der Waals surface area (Å²) in [5, 5.41) is 0.960. The van der Waals surface area contributed by atoms with E-state index in [1.807, 2.05) is 18.2 Å². The molecule has 0 atom stereocenters. The van der Waals surface area contributed by atoms with Crippen molar-refractivity contribution in [3.63, 3.8) is 0 Å². The predicted octanol–water partition coefficient (Wildman–Crippen LogP) is 3.74. The molecule has 0 amide bonds. The quantitative estimate of drug-likeness (QED) is 0.477. The van der Waals surface area contributed by atoms with Crippen LogP contribution in [-0.4, -0.2) is 17.1 Å². The van der Waals surface area contributed by atoms with E-state index >= 15 is 0 Å². The van der Waals surface area contributed by atoms with Gasteiger partial charge in [0.25, 0.3) is 0 Å². The van der Waals surface area contributed by atoms with Crippen molar-refractivity contribution in [1.29, 1.82) is 0 Å². The highest BCUT2D eigenvalue weighted by Crippen LogP contribution is 2.18. The fraction of sp³-hybridized carbons (Fsp3) is 0.333. The zero-order valence-electron chi connectivity index (χ0n) is 10.5. The highest BCUT2D eigenvalue weighted by atomic mass is 16.1. The van der Waals surface area contributed by atoms with Crippen molar-refractivity contribution in [3.8, 4) is 0 Å². The minimum atomic E-state index is 0.174. The van der Waals surface area contributed by atoms with E-state index in [0.717, 1.165) is 42.0 Å². The Labute approximate surface area is 106 Å². The van der Waals surface area contributed by atoms with Crippen LogP contribution in [-0.2, 0) is 0 Å². The molecular formula is C15H17NO2. The molecule has 0 saturated heterocycles. The maximum absolute atomic E-state index is 12.0. The van der Waals surface area contributed by atoms with Gasteiger partial charge in [0.05, 0.1) is 5.69 Å². The largest absolute Gasteiger partial charge is 0.352 e. The fourth-order valence-corrected chi connectivity index (χ4v) is 2.07. The van der Waals surface area contributed by atoms with Gasteiger partial charge in [0.1, 0.15) is 0 Å². The summed E-state index contributed by atoms with van der Waals surface area (Å²) in [7, 11) is 0. The van der Waals surface area contributed by atoms with Crippen LogP contribution in [0, 0.1) is 0 Å². The number of carbonyl (C=O) groups excluding carboxylic acids is 2. The third-order valence-electron chi connectivity index (χ3n) is 3.10. The van der Waals surface area contributed by atoms with Gasteiger partial charge in [0, 0.05) is 22.9 Å². The molecule has 2 rings (SSSR count). The van der Waals surface area contributed by atoms with Gasteiger partial charge in [-0.25, -0.2) is 0 Å². The number of H-pyrrole nitrogens is 1. The summed E-state index contributed by atoms with van der Waals surface area (Å²) in [5.74, 6) is 0.174. The Balaban J connectivity index is 2.18. The van der Waals surface area contributed by atoms with E-state index in [2.05, 4.69) is 11.9 Å². The van der Waals surface area contributed by atoms with Gasteiger partial charge >= 0.3 is 0 Å². The lowest BCUT2D eigenvalue weighted by Gasteiger charge is -2.00. The predicted molar refractivity (Wildman–Crippen MR) is 72.2 cm³/mol. The highest BCUT2D eigenvalue weighted by Gasteiger charge is 2.07. The second-order valence-electron chi connectivity index (χ2n) is 4.52. The Kier molecular flexibility index (Phi) is 3.92. The average Bonchev–Trinajstić information content (AvgIpc) is 2.80. The minimum absolute atomic E-state index is 0.174. The van der Waals surface area contributed by atoms with Gasteiger partial charge in [0.2, 0.25) is 0 Å². The van der Waals surface area contributed by atoms with E-state index in [0.29, 0.717) is 12.1 Å². The Morgan fingerprint density at radius 2 is 2.11 bits per heavy atom. The van der Waals surface area contributed by atoms with Crippen LogP contribution in [0.2, 0.25) is 0 Å². The number of nitrogens with one attached hydrogen (secondary N) is 1. The van der Waals surface area contributed by atoms with Crippen LogP contribution < -0.4 is 0 Å². The number of hydrogen-bond acceptors (Lipinski definition) is 2. The SMILES string of the molecule is CCCCCC(=O)c1ccc2cc(C=O)[nH]c2c1. The van der Waals surface area contributed by atoms with Gasteiger partial charge in [-0.2, -0.15) is 0 Å². The first-order valence-corrected chi connectivity index (χ1v) is 6.35. The molecule has 0 aliphatic heterocycles. The van der Waals surface area contributed by atoms with E-state index in [-0.39, 0.29) is 5.78 Å². The molecule has 0 radical (unpaired) electrons. The van der Waals surface area contributed by atoms with Gasteiger partial charge in [-0.05, 0) is 18.6 Å². The van der Waals surface area contributed by atoms with Crippen LogP contribution in [0.15, 0.2) is 24.3 Å². The van der Waals surface area contributed by atoms with E-state index in [1.165, 1.54) is 0 Å². The van der Waals surface area contributed by atoms with Crippen LogP contribution in [0.1, 0.15) is 53.5 Å². The molecule has 3 heteroatoms.